The Balaban J connectivity index is 1.65. The molecular formula is C19H22N4O3S. The zero-order chi connectivity index (χ0) is 19.4. The Bertz CT molecular complexity index is 935. The van der Waals surface area contributed by atoms with Gasteiger partial charge in [0.1, 0.15) is 17.3 Å². The highest BCUT2D eigenvalue weighted by atomic mass is 32.2. The molecular weight excluding hydrogens is 364 g/mol. The van der Waals surface area contributed by atoms with Crippen LogP contribution in [0.3, 0.4) is 0 Å². The number of methoxy groups -OCH3 is 1. The van der Waals surface area contributed by atoms with Crippen molar-refractivity contribution >= 4 is 17.7 Å². The number of benzene rings is 1. The standard InChI is InChI=1S/C19H22N4O3S/c1-13-9-10-14(26-13)11-22(2)17(24)12-27-19-21-20-18(23(19)3)15-7-5-6-8-16(15)25-4/h5-10H,11-12H2,1-4H3. The van der Waals surface area contributed by atoms with Gasteiger partial charge in [0.15, 0.2) is 11.0 Å². The van der Waals surface area contributed by atoms with E-state index in [-0.39, 0.29) is 11.7 Å². The fraction of sp³-hybridized carbons (Fsp3) is 0.316. The predicted molar refractivity (Wildman–Crippen MR) is 104 cm³/mol. The number of ether oxygens (including phenoxy) is 1. The Morgan fingerprint density at radius 2 is 2.04 bits per heavy atom. The van der Waals surface area contributed by atoms with Gasteiger partial charge in [0.25, 0.3) is 0 Å². The minimum atomic E-state index is -0.00380. The Kier molecular flexibility index (Phi) is 5.85. The maximum Gasteiger partial charge on any atom is 0.233 e. The van der Waals surface area contributed by atoms with Crippen molar-refractivity contribution in [2.24, 2.45) is 7.05 Å². The number of para-hydroxylation sites is 1. The molecule has 0 N–H and O–H groups in total. The summed E-state index contributed by atoms with van der Waals surface area (Å²) in [6.45, 7) is 2.33. The molecule has 8 heteroatoms. The first-order chi connectivity index (χ1) is 13.0. The molecule has 0 bridgehead atoms. The van der Waals surface area contributed by atoms with E-state index in [0.717, 1.165) is 22.8 Å². The van der Waals surface area contributed by atoms with Gasteiger partial charge in [-0.3, -0.25) is 4.79 Å². The summed E-state index contributed by atoms with van der Waals surface area (Å²) in [5, 5.41) is 9.15. The lowest BCUT2D eigenvalue weighted by Gasteiger charge is -2.15. The molecule has 0 aliphatic rings. The van der Waals surface area contributed by atoms with Gasteiger partial charge in [0, 0.05) is 14.1 Å². The lowest BCUT2D eigenvalue weighted by atomic mass is 10.2. The monoisotopic (exact) mass is 386 g/mol. The Morgan fingerprint density at radius 1 is 1.26 bits per heavy atom. The topological polar surface area (TPSA) is 73.4 Å². The zero-order valence-electron chi connectivity index (χ0n) is 15.8. The number of aromatic nitrogens is 3. The molecule has 1 aromatic carbocycles. The van der Waals surface area contributed by atoms with E-state index in [2.05, 4.69) is 10.2 Å². The van der Waals surface area contributed by atoms with Crippen molar-refractivity contribution < 1.29 is 13.9 Å². The van der Waals surface area contributed by atoms with Crippen molar-refractivity contribution in [2.75, 3.05) is 19.9 Å². The van der Waals surface area contributed by atoms with Crippen molar-refractivity contribution in [1.82, 2.24) is 19.7 Å². The van der Waals surface area contributed by atoms with E-state index in [1.807, 2.05) is 54.9 Å². The molecule has 0 aliphatic carbocycles. The molecule has 2 heterocycles. The van der Waals surface area contributed by atoms with Crippen LogP contribution in [0.5, 0.6) is 5.75 Å². The van der Waals surface area contributed by atoms with Gasteiger partial charge >= 0.3 is 0 Å². The molecule has 2 aromatic heterocycles. The Morgan fingerprint density at radius 3 is 2.74 bits per heavy atom. The van der Waals surface area contributed by atoms with Crippen LogP contribution in [0.15, 0.2) is 46.0 Å². The second kappa shape index (κ2) is 8.30. The van der Waals surface area contributed by atoms with Crippen LogP contribution in [-0.2, 0) is 18.4 Å². The van der Waals surface area contributed by atoms with Gasteiger partial charge in [-0.15, -0.1) is 10.2 Å². The Hall–Kier alpha value is -2.74. The predicted octanol–water partition coefficient (Wildman–Crippen LogP) is 3.14. The first-order valence-electron chi connectivity index (χ1n) is 8.44. The number of amides is 1. The van der Waals surface area contributed by atoms with Crippen LogP contribution >= 0.6 is 11.8 Å². The number of hydrogen-bond donors (Lipinski definition) is 0. The molecule has 142 valence electrons. The average molecular weight is 386 g/mol. The summed E-state index contributed by atoms with van der Waals surface area (Å²) >= 11 is 1.35. The summed E-state index contributed by atoms with van der Waals surface area (Å²) < 4.78 is 12.8. The summed E-state index contributed by atoms with van der Waals surface area (Å²) in [5.74, 6) is 3.30. The molecule has 0 radical (unpaired) electrons. The highest BCUT2D eigenvalue weighted by molar-refractivity contribution is 7.99. The first kappa shape index (κ1) is 19.0. The molecule has 3 aromatic rings. The van der Waals surface area contributed by atoms with Crippen LogP contribution in [0.2, 0.25) is 0 Å². The van der Waals surface area contributed by atoms with E-state index < -0.39 is 0 Å². The normalized spacial score (nSPS) is 10.8. The third-order valence-electron chi connectivity index (χ3n) is 4.12. The lowest BCUT2D eigenvalue weighted by molar-refractivity contribution is -0.127. The molecule has 3 rings (SSSR count). The van der Waals surface area contributed by atoms with Gasteiger partial charge in [-0.1, -0.05) is 23.9 Å². The summed E-state index contributed by atoms with van der Waals surface area (Å²) in [5.41, 5.74) is 0.860. The van der Waals surface area contributed by atoms with Gasteiger partial charge < -0.3 is 18.6 Å². The minimum Gasteiger partial charge on any atom is -0.496 e. The molecule has 0 spiro atoms. The summed E-state index contributed by atoms with van der Waals surface area (Å²) in [4.78, 5) is 14.0. The molecule has 0 saturated heterocycles. The molecule has 27 heavy (non-hydrogen) atoms. The van der Waals surface area contributed by atoms with Gasteiger partial charge in [0.2, 0.25) is 5.91 Å². The van der Waals surface area contributed by atoms with E-state index in [1.165, 1.54) is 11.8 Å². The molecule has 7 nitrogen and oxygen atoms in total. The number of furan rings is 1. The highest BCUT2D eigenvalue weighted by Crippen LogP contribution is 2.30. The molecule has 0 unspecified atom stereocenters. The van der Waals surface area contributed by atoms with E-state index >= 15 is 0 Å². The first-order valence-corrected chi connectivity index (χ1v) is 9.43. The fourth-order valence-electron chi connectivity index (χ4n) is 2.63. The summed E-state index contributed by atoms with van der Waals surface area (Å²) in [6.07, 6.45) is 0. The number of aryl methyl sites for hydroxylation is 1. The third kappa shape index (κ3) is 4.33. The van der Waals surface area contributed by atoms with E-state index in [1.54, 1.807) is 19.1 Å². The number of rotatable bonds is 7. The number of nitrogens with zero attached hydrogens (tertiary/aromatic N) is 4. The number of carbonyl (C=O) groups is 1. The molecule has 1 amide bonds. The smallest absolute Gasteiger partial charge is 0.233 e. The van der Waals surface area contributed by atoms with Crippen LogP contribution in [0.25, 0.3) is 11.4 Å². The zero-order valence-corrected chi connectivity index (χ0v) is 16.6. The van der Waals surface area contributed by atoms with Crippen molar-refractivity contribution in [1.29, 1.82) is 0 Å². The fourth-order valence-corrected chi connectivity index (χ4v) is 3.48. The number of thioether (sulfide) groups is 1. The highest BCUT2D eigenvalue weighted by Gasteiger charge is 2.17. The van der Waals surface area contributed by atoms with Crippen molar-refractivity contribution in [2.45, 2.75) is 18.6 Å². The van der Waals surface area contributed by atoms with E-state index in [4.69, 9.17) is 9.15 Å². The van der Waals surface area contributed by atoms with Crippen molar-refractivity contribution in [3.63, 3.8) is 0 Å². The van der Waals surface area contributed by atoms with Crippen molar-refractivity contribution in [3.8, 4) is 17.1 Å². The molecule has 0 saturated carbocycles. The average Bonchev–Trinajstić information content (AvgIpc) is 3.24. The maximum absolute atomic E-state index is 12.4. The van der Waals surface area contributed by atoms with Gasteiger partial charge in [-0.25, -0.2) is 0 Å². The summed E-state index contributed by atoms with van der Waals surface area (Å²) in [6, 6.07) is 11.4. The second-order valence-corrected chi connectivity index (χ2v) is 7.06. The quantitative estimate of drug-likeness (QED) is 0.581. The molecule has 0 fully saturated rings. The third-order valence-corrected chi connectivity index (χ3v) is 5.13. The Labute approximate surface area is 162 Å². The molecule has 0 aliphatic heterocycles. The van der Waals surface area contributed by atoms with Gasteiger partial charge in [-0.2, -0.15) is 0 Å². The van der Waals surface area contributed by atoms with E-state index in [9.17, 15) is 4.79 Å². The number of hydrogen-bond acceptors (Lipinski definition) is 6. The lowest BCUT2D eigenvalue weighted by Crippen LogP contribution is -2.27. The minimum absolute atomic E-state index is 0.00380. The SMILES string of the molecule is COc1ccccc1-c1nnc(SCC(=O)N(C)Cc2ccc(C)o2)n1C. The number of carbonyl (C=O) groups excluding carboxylic acids is 1. The maximum atomic E-state index is 12.4. The van der Waals surface area contributed by atoms with Gasteiger partial charge in [-0.05, 0) is 31.2 Å². The van der Waals surface area contributed by atoms with Crippen molar-refractivity contribution in [3.05, 3.63) is 47.9 Å². The summed E-state index contributed by atoms with van der Waals surface area (Å²) in [7, 11) is 5.27. The van der Waals surface area contributed by atoms with Gasteiger partial charge in [0.05, 0.1) is 25.0 Å². The van der Waals surface area contributed by atoms with Crippen LogP contribution in [0.4, 0.5) is 0 Å². The van der Waals surface area contributed by atoms with E-state index in [0.29, 0.717) is 17.5 Å². The van der Waals surface area contributed by atoms with Crippen LogP contribution in [-0.4, -0.2) is 45.5 Å². The second-order valence-electron chi connectivity index (χ2n) is 6.12. The largest absolute Gasteiger partial charge is 0.496 e. The van der Waals surface area contributed by atoms with Crippen LogP contribution in [0, 0.1) is 6.92 Å². The molecule has 0 atom stereocenters. The van der Waals surface area contributed by atoms with Crippen LogP contribution < -0.4 is 4.74 Å². The van der Waals surface area contributed by atoms with Crippen LogP contribution in [0.1, 0.15) is 11.5 Å².